The van der Waals surface area contributed by atoms with Gasteiger partial charge in [-0.25, -0.2) is 27.2 Å². The number of fused-ring (bicyclic) bond motifs is 4. The van der Waals surface area contributed by atoms with E-state index in [1.807, 2.05) is 6.08 Å². The second-order valence-electron chi connectivity index (χ2n) is 10.9. The van der Waals surface area contributed by atoms with Gasteiger partial charge in [-0.1, -0.05) is 26.0 Å². The summed E-state index contributed by atoms with van der Waals surface area (Å²) >= 11 is 0. The molecule has 8 nitrogen and oxygen atoms in total. The van der Waals surface area contributed by atoms with Crippen molar-refractivity contribution in [3.8, 4) is 11.4 Å². The van der Waals surface area contributed by atoms with Gasteiger partial charge < -0.3 is 5.43 Å². The molecule has 0 saturated heterocycles. The summed E-state index contributed by atoms with van der Waals surface area (Å²) in [6.07, 6.45) is 8.05. The first-order valence-electron chi connectivity index (χ1n) is 12.6. The zero-order valence-electron chi connectivity index (χ0n) is 22.0. The van der Waals surface area contributed by atoms with E-state index in [9.17, 15) is 17.2 Å². The van der Waals surface area contributed by atoms with Crippen LogP contribution < -0.4 is 10.1 Å². The minimum Gasteiger partial charge on any atom is -0.301 e. The lowest BCUT2D eigenvalue weighted by atomic mass is 9.66. The van der Waals surface area contributed by atoms with E-state index in [1.54, 1.807) is 42.6 Å². The van der Waals surface area contributed by atoms with E-state index >= 15 is 0 Å². The van der Waals surface area contributed by atoms with Gasteiger partial charge in [-0.15, -0.1) is 0 Å². The number of sulfonamides is 1. The Hall–Kier alpha value is -3.86. The summed E-state index contributed by atoms with van der Waals surface area (Å²) in [7, 11) is -1.74. The number of benzene rings is 1. The lowest BCUT2D eigenvalue weighted by Gasteiger charge is -2.42. The number of hydrogen-bond acceptors (Lipinski definition) is 7. The summed E-state index contributed by atoms with van der Waals surface area (Å²) < 4.78 is 55.3. The summed E-state index contributed by atoms with van der Waals surface area (Å²) in [6, 6.07) is 8.92. The van der Waals surface area contributed by atoms with Gasteiger partial charge in [0.05, 0.1) is 40.5 Å². The molecule has 1 saturated carbocycles. The van der Waals surface area contributed by atoms with Crippen LogP contribution in [0, 0.1) is 23.0 Å². The quantitative estimate of drug-likeness (QED) is 0.466. The predicted molar refractivity (Wildman–Crippen MR) is 146 cm³/mol. The van der Waals surface area contributed by atoms with Crippen LogP contribution in [0.2, 0.25) is 0 Å². The van der Waals surface area contributed by atoms with Gasteiger partial charge in [0.25, 0.3) is 0 Å². The molecular formula is C28H30F2N6O2S. The average molecular weight is 553 g/mol. The number of rotatable bonds is 5. The molecule has 0 amide bonds. The summed E-state index contributed by atoms with van der Waals surface area (Å²) in [4.78, 5) is 14.0. The third-order valence-electron chi connectivity index (χ3n) is 8.40. The van der Waals surface area contributed by atoms with Crippen molar-refractivity contribution in [2.75, 3.05) is 18.0 Å². The first-order chi connectivity index (χ1) is 18.4. The van der Waals surface area contributed by atoms with Gasteiger partial charge in [-0.3, -0.25) is 14.7 Å². The highest BCUT2D eigenvalue weighted by molar-refractivity contribution is 7.92. The molecule has 0 radical (unpaired) electrons. The molecule has 3 aromatic rings. The smallest absolute Gasteiger partial charge is 0.230 e. The molecule has 3 aliphatic rings. The van der Waals surface area contributed by atoms with Crippen molar-refractivity contribution in [1.82, 2.24) is 25.4 Å². The van der Waals surface area contributed by atoms with Crippen LogP contribution >= 0.6 is 0 Å². The lowest BCUT2D eigenvalue weighted by Crippen LogP contribution is -2.47. The van der Waals surface area contributed by atoms with E-state index in [4.69, 9.17) is 4.98 Å². The summed E-state index contributed by atoms with van der Waals surface area (Å²) in [5.74, 6) is -0.894. The zero-order valence-corrected chi connectivity index (χ0v) is 22.8. The first kappa shape index (κ1) is 25.4. The van der Waals surface area contributed by atoms with Crippen LogP contribution in [-0.4, -0.2) is 41.7 Å². The number of hydrazine groups is 1. The normalized spacial score (nSPS) is 23.4. The molecule has 2 aliphatic carbocycles. The third-order valence-corrected chi connectivity index (χ3v) is 8.98. The monoisotopic (exact) mass is 552 g/mol. The fourth-order valence-corrected chi connectivity index (χ4v) is 7.14. The van der Waals surface area contributed by atoms with Gasteiger partial charge in [0, 0.05) is 20.4 Å². The van der Waals surface area contributed by atoms with Gasteiger partial charge >= 0.3 is 0 Å². The highest BCUT2D eigenvalue weighted by atomic mass is 32.2. The van der Waals surface area contributed by atoms with Crippen LogP contribution in [0.5, 0.6) is 0 Å². The maximum absolute atomic E-state index is 14.7. The van der Waals surface area contributed by atoms with Crippen molar-refractivity contribution < 1.29 is 18.6 Å². The highest BCUT2D eigenvalue weighted by Gasteiger charge is 2.65. The van der Waals surface area contributed by atoms with Crippen LogP contribution in [-0.2, 0) is 15.4 Å². The molecule has 1 fully saturated rings. The molecule has 39 heavy (non-hydrogen) atoms. The number of halogens is 2. The van der Waals surface area contributed by atoms with E-state index in [0.29, 0.717) is 17.1 Å². The molecule has 1 aliphatic heterocycles. The minimum atomic E-state index is -3.49. The van der Waals surface area contributed by atoms with Crippen LogP contribution in [0.1, 0.15) is 39.4 Å². The Morgan fingerprint density at radius 2 is 1.79 bits per heavy atom. The standard InChI is InChI=1S/C28H28F2N6O2S.H2/c1-27(2)17-11-12-28(27,26-16(17)13-22(36(3)34-26)25-18(29)7-5-8-19(25)30)23-15-31-14-21(32-23)20-9-6-10-24(33-20)35-39(4,37)38;/h5-10,13-15,17,34H,11-12H2,1-4H3,(H,33,35);1H/t17-,28-;/m0./s1. The Morgan fingerprint density at radius 1 is 1.08 bits per heavy atom. The van der Waals surface area contributed by atoms with E-state index in [2.05, 4.69) is 34.0 Å². The van der Waals surface area contributed by atoms with E-state index in [0.717, 1.165) is 36.1 Å². The van der Waals surface area contributed by atoms with Crippen molar-refractivity contribution in [2.24, 2.45) is 11.3 Å². The maximum atomic E-state index is 14.7. The predicted octanol–water partition coefficient (Wildman–Crippen LogP) is 4.87. The van der Waals surface area contributed by atoms with Crippen LogP contribution in [0.15, 0.2) is 66.1 Å². The lowest BCUT2D eigenvalue weighted by molar-refractivity contribution is 0.205. The summed E-state index contributed by atoms with van der Waals surface area (Å²) in [6.45, 7) is 4.40. The maximum Gasteiger partial charge on any atom is 0.230 e. The second-order valence-corrected chi connectivity index (χ2v) is 12.7. The second kappa shape index (κ2) is 8.57. The van der Waals surface area contributed by atoms with Crippen molar-refractivity contribution in [2.45, 2.75) is 32.1 Å². The number of nitrogens with zero attached hydrogens (tertiary/aromatic N) is 4. The molecule has 2 N–H and O–H groups in total. The molecule has 0 unspecified atom stereocenters. The van der Waals surface area contributed by atoms with Gasteiger partial charge in [0.2, 0.25) is 10.0 Å². The first-order valence-corrected chi connectivity index (χ1v) is 14.5. The molecule has 0 spiro atoms. The van der Waals surface area contributed by atoms with Gasteiger partial charge in [0.1, 0.15) is 23.1 Å². The van der Waals surface area contributed by atoms with E-state index < -0.39 is 27.1 Å². The SMILES string of the molecule is CN1NC2=C(C=C1c1c(F)cccc1F)[C@@H]1CC[C@@]2(c2cncc(-c3cccc(NS(C)(=O)=O)n3)n2)C1(C)C.[HH]. The van der Waals surface area contributed by atoms with Crippen LogP contribution in [0.25, 0.3) is 17.1 Å². The van der Waals surface area contributed by atoms with Gasteiger partial charge in [-0.05, 0) is 60.1 Å². The molecule has 1 aromatic carbocycles. The molecule has 2 aromatic heterocycles. The molecule has 204 valence electrons. The number of nitrogens with one attached hydrogen (secondary N) is 2. The zero-order chi connectivity index (χ0) is 27.7. The molecule has 2 bridgehead atoms. The van der Waals surface area contributed by atoms with Gasteiger partial charge in [0.15, 0.2) is 0 Å². The Labute approximate surface area is 227 Å². The number of hydrogen-bond donors (Lipinski definition) is 2. The fraction of sp³-hybridized carbons (Fsp3) is 0.321. The number of aromatic nitrogens is 3. The van der Waals surface area contributed by atoms with Crippen LogP contribution in [0.3, 0.4) is 0 Å². The minimum absolute atomic E-state index is 0. The summed E-state index contributed by atoms with van der Waals surface area (Å²) in [5.41, 5.74) is 6.76. The Balaban J connectivity index is 0.00000323. The van der Waals surface area contributed by atoms with Crippen molar-refractivity contribution in [1.29, 1.82) is 0 Å². The van der Waals surface area contributed by atoms with E-state index in [1.165, 1.54) is 18.2 Å². The Bertz CT molecular complexity index is 1670. The number of anilines is 1. The topological polar surface area (TPSA) is 100 Å². The van der Waals surface area contributed by atoms with Crippen molar-refractivity contribution in [3.63, 3.8) is 0 Å². The van der Waals surface area contributed by atoms with Crippen molar-refractivity contribution in [3.05, 3.63) is 89.0 Å². The molecular weight excluding hydrogens is 522 g/mol. The van der Waals surface area contributed by atoms with Crippen LogP contribution in [0.4, 0.5) is 14.6 Å². The largest absolute Gasteiger partial charge is 0.301 e. The summed E-state index contributed by atoms with van der Waals surface area (Å²) in [5, 5.41) is 1.66. The van der Waals surface area contributed by atoms with E-state index in [-0.39, 0.29) is 24.1 Å². The average Bonchev–Trinajstić information content (AvgIpc) is 3.24. The number of allylic oxidation sites excluding steroid dienone is 3. The molecule has 11 heteroatoms. The third kappa shape index (κ3) is 3.82. The number of pyridine rings is 1. The fourth-order valence-electron chi connectivity index (χ4n) is 6.65. The molecule has 3 heterocycles. The Morgan fingerprint density at radius 3 is 2.51 bits per heavy atom. The highest BCUT2D eigenvalue weighted by Crippen LogP contribution is 2.68. The van der Waals surface area contributed by atoms with Crippen molar-refractivity contribution >= 4 is 21.5 Å². The molecule has 2 atom stereocenters. The molecule has 6 rings (SSSR count). The Kier molecular flexibility index (Phi) is 5.59. The van der Waals surface area contributed by atoms with Gasteiger partial charge in [-0.2, -0.15) is 0 Å².